The molecule has 0 spiro atoms. The first kappa shape index (κ1) is 10.4. The molecule has 0 aliphatic heterocycles. The van der Waals surface area contributed by atoms with Crippen molar-refractivity contribution in [3.8, 4) is 6.07 Å². The lowest BCUT2D eigenvalue weighted by atomic mass is 10.1. The van der Waals surface area contributed by atoms with E-state index in [0.29, 0.717) is 12.1 Å². The third kappa shape index (κ3) is 1.82. The van der Waals surface area contributed by atoms with Crippen molar-refractivity contribution < 1.29 is 22.0 Å². The summed E-state index contributed by atoms with van der Waals surface area (Å²) in [6.45, 7) is 0. The summed E-state index contributed by atoms with van der Waals surface area (Å²) in [5.41, 5.74) is -2.47. The van der Waals surface area contributed by atoms with Crippen LogP contribution in [-0.4, -0.2) is 0 Å². The monoisotopic (exact) mass is 207 g/mol. The molecule has 0 bridgehead atoms. The largest absolute Gasteiger partial charge is 0.422 e. The fourth-order valence-electron chi connectivity index (χ4n) is 0.908. The van der Waals surface area contributed by atoms with Gasteiger partial charge in [0.25, 0.3) is 0 Å². The number of hydrogen-bond acceptors (Lipinski definition) is 1. The zero-order valence-corrected chi connectivity index (χ0v) is 6.49. The van der Waals surface area contributed by atoms with Crippen molar-refractivity contribution in [3.63, 3.8) is 0 Å². The average molecular weight is 207 g/mol. The van der Waals surface area contributed by atoms with Crippen molar-refractivity contribution in [1.29, 1.82) is 5.26 Å². The summed E-state index contributed by atoms with van der Waals surface area (Å²) < 4.78 is 61.3. The molecule has 0 atom stereocenters. The van der Waals surface area contributed by atoms with Crippen LogP contribution in [0, 0.1) is 23.0 Å². The van der Waals surface area contributed by atoms with Gasteiger partial charge in [0.05, 0.1) is 11.6 Å². The Morgan fingerprint density at radius 2 is 1.50 bits per heavy atom. The van der Waals surface area contributed by atoms with Gasteiger partial charge < -0.3 is 0 Å². The molecule has 0 aliphatic rings. The first-order valence-corrected chi connectivity index (χ1v) is 3.32. The average Bonchev–Trinajstić information content (AvgIpc) is 1.99. The molecule has 0 unspecified atom stereocenters. The molecule has 14 heavy (non-hydrogen) atoms. The van der Waals surface area contributed by atoms with E-state index in [4.69, 9.17) is 5.26 Å². The maximum atomic E-state index is 12.7. The van der Waals surface area contributed by atoms with Crippen molar-refractivity contribution in [2.24, 2.45) is 0 Å². The highest BCUT2D eigenvalue weighted by atomic mass is 19.4. The van der Waals surface area contributed by atoms with Gasteiger partial charge in [-0.1, -0.05) is 0 Å². The second-order valence-electron chi connectivity index (χ2n) is 2.42. The third-order valence-corrected chi connectivity index (χ3v) is 1.45. The lowest BCUT2D eigenvalue weighted by Gasteiger charge is -2.08. The van der Waals surface area contributed by atoms with Crippen molar-refractivity contribution in [1.82, 2.24) is 0 Å². The Bertz CT molecular complexity index is 378. The third-order valence-electron chi connectivity index (χ3n) is 1.45. The number of nitrogens with zero attached hydrogens (tertiary/aromatic N) is 1. The molecule has 0 radical (unpaired) electrons. The molecule has 1 aromatic carbocycles. The van der Waals surface area contributed by atoms with Gasteiger partial charge in [-0.3, -0.25) is 0 Å². The van der Waals surface area contributed by atoms with Gasteiger partial charge in [-0.25, -0.2) is 8.78 Å². The number of rotatable bonds is 0. The number of hydrogen-bond donors (Lipinski definition) is 0. The standard InChI is InChI=1S/C8H2F5N/c9-5-1-4(3-14)2-6(10)7(5)8(11,12)13/h1-2H. The summed E-state index contributed by atoms with van der Waals surface area (Å²) in [5.74, 6) is -3.57. The first-order chi connectivity index (χ1) is 6.36. The highest BCUT2D eigenvalue weighted by Crippen LogP contribution is 2.33. The zero-order chi connectivity index (χ0) is 10.9. The van der Waals surface area contributed by atoms with Gasteiger partial charge in [0, 0.05) is 0 Å². The molecule has 0 N–H and O–H groups in total. The van der Waals surface area contributed by atoms with Gasteiger partial charge in [-0.2, -0.15) is 18.4 Å². The summed E-state index contributed by atoms with van der Waals surface area (Å²) in [4.78, 5) is 0. The van der Waals surface area contributed by atoms with Crippen molar-refractivity contribution in [3.05, 3.63) is 34.9 Å². The van der Waals surface area contributed by atoms with Crippen molar-refractivity contribution in [2.45, 2.75) is 6.18 Å². The van der Waals surface area contributed by atoms with E-state index in [9.17, 15) is 22.0 Å². The predicted molar refractivity (Wildman–Crippen MR) is 36.1 cm³/mol. The Morgan fingerprint density at radius 1 is 1.07 bits per heavy atom. The van der Waals surface area contributed by atoms with Crippen LogP contribution in [0.25, 0.3) is 0 Å². The molecule has 0 aromatic heterocycles. The Kier molecular flexibility index (Phi) is 2.43. The summed E-state index contributed by atoms with van der Waals surface area (Å²) in [5, 5.41) is 8.22. The summed E-state index contributed by atoms with van der Waals surface area (Å²) in [6, 6.07) is 2.02. The van der Waals surface area contributed by atoms with Crippen molar-refractivity contribution in [2.75, 3.05) is 0 Å². The van der Waals surface area contributed by atoms with E-state index in [1.54, 1.807) is 0 Å². The highest BCUT2D eigenvalue weighted by molar-refractivity contribution is 5.35. The molecule has 0 saturated carbocycles. The maximum Gasteiger partial charge on any atom is 0.422 e. The van der Waals surface area contributed by atoms with E-state index in [1.807, 2.05) is 0 Å². The van der Waals surface area contributed by atoms with Crippen LogP contribution in [0.1, 0.15) is 11.1 Å². The number of halogens is 5. The lowest BCUT2D eigenvalue weighted by Crippen LogP contribution is -2.11. The molecule has 0 saturated heterocycles. The highest BCUT2D eigenvalue weighted by Gasteiger charge is 2.37. The van der Waals surface area contributed by atoms with Crippen LogP contribution in [0.3, 0.4) is 0 Å². The maximum absolute atomic E-state index is 12.7. The van der Waals surface area contributed by atoms with Gasteiger partial charge in [-0.05, 0) is 12.1 Å². The van der Waals surface area contributed by atoms with Crippen LogP contribution in [-0.2, 0) is 6.18 Å². The smallest absolute Gasteiger partial charge is 0.206 e. The first-order valence-electron chi connectivity index (χ1n) is 3.32. The molecule has 1 rings (SSSR count). The number of benzene rings is 1. The second-order valence-corrected chi connectivity index (χ2v) is 2.42. The second kappa shape index (κ2) is 3.25. The Hall–Kier alpha value is -1.64. The van der Waals surface area contributed by atoms with Crippen LogP contribution in [0.5, 0.6) is 0 Å². The zero-order valence-electron chi connectivity index (χ0n) is 6.49. The summed E-state index contributed by atoms with van der Waals surface area (Å²) in [6.07, 6.45) is -5.10. The van der Waals surface area contributed by atoms with Crippen LogP contribution in [0.2, 0.25) is 0 Å². The lowest BCUT2D eigenvalue weighted by molar-refractivity contribution is -0.142. The van der Waals surface area contributed by atoms with Crippen molar-refractivity contribution >= 4 is 0 Å². The van der Waals surface area contributed by atoms with Gasteiger partial charge >= 0.3 is 6.18 Å². The minimum Gasteiger partial charge on any atom is -0.206 e. The number of alkyl halides is 3. The molecule has 0 amide bonds. The SMILES string of the molecule is N#Cc1cc(F)c(C(F)(F)F)c(F)c1. The minimum absolute atomic E-state index is 0.339. The van der Waals surface area contributed by atoms with E-state index in [0.717, 1.165) is 0 Å². The molecule has 74 valence electrons. The minimum atomic E-state index is -5.10. The van der Waals surface area contributed by atoms with Crippen LogP contribution >= 0.6 is 0 Å². The quantitative estimate of drug-likeness (QED) is 0.600. The Morgan fingerprint density at radius 3 is 1.79 bits per heavy atom. The van der Waals surface area contributed by atoms with E-state index >= 15 is 0 Å². The van der Waals surface area contributed by atoms with Gasteiger partial charge in [0.1, 0.15) is 17.2 Å². The fourth-order valence-corrected chi connectivity index (χ4v) is 0.908. The Balaban J connectivity index is 3.42. The molecular formula is C8H2F5N. The van der Waals surface area contributed by atoms with E-state index < -0.39 is 28.9 Å². The van der Waals surface area contributed by atoms with E-state index in [2.05, 4.69) is 0 Å². The van der Waals surface area contributed by atoms with Gasteiger partial charge in [0.15, 0.2) is 0 Å². The van der Waals surface area contributed by atoms with Gasteiger partial charge in [-0.15, -0.1) is 0 Å². The topological polar surface area (TPSA) is 23.8 Å². The Labute approximate surface area is 75.4 Å². The predicted octanol–water partition coefficient (Wildman–Crippen LogP) is 2.86. The fraction of sp³-hybridized carbons (Fsp3) is 0.125. The molecule has 0 aliphatic carbocycles. The molecule has 0 fully saturated rings. The number of nitriles is 1. The van der Waals surface area contributed by atoms with Crippen LogP contribution in [0.15, 0.2) is 12.1 Å². The summed E-state index contributed by atoms with van der Waals surface area (Å²) >= 11 is 0. The van der Waals surface area contributed by atoms with E-state index in [1.165, 1.54) is 6.07 Å². The molecule has 1 aromatic rings. The normalized spacial score (nSPS) is 11.1. The van der Waals surface area contributed by atoms with Crippen LogP contribution in [0.4, 0.5) is 22.0 Å². The van der Waals surface area contributed by atoms with Crippen LogP contribution < -0.4 is 0 Å². The summed E-state index contributed by atoms with van der Waals surface area (Å²) in [7, 11) is 0. The molecule has 1 nitrogen and oxygen atoms in total. The van der Waals surface area contributed by atoms with E-state index in [-0.39, 0.29) is 0 Å². The van der Waals surface area contributed by atoms with Gasteiger partial charge in [0.2, 0.25) is 0 Å². The molecule has 0 heterocycles. The molecular weight excluding hydrogens is 205 g/mol. The molecule has 6 heteroatoms.